The number of phenols is 1. The van der Waals surface area contributed by atoms with Crippen molar-refractivity contribution >= 4 is 27.9 Å². The van der Waals surface area contributed by atoms with Gasteiger partial charge in [0.05, 0.1) is 22.0 Å². The lowest BCUT2D eigenvalue weighted by Gasteiger charge is -2.38. The number of nitrogens with zero attached hydrogens (tertiary/aromatic N) is 4. The van der Waals surface area contributed by atoms with Crippen molar-refractivity contribution in [1.29, 1.82) is 0 Å². The number of hydrogen-bond acceptors (Lipinski definition) is 6. The van der Waals surface area contributed by atoms with Gasteiger partial charge in [0.1, 0.15) is 29.4 Å². The molecule has 1 aliphatic heterocycles. The van der Waals surface area contributed by atoms with E-state index in [0.29, 0.717) is 0 Å². The molecular weight excluding hydrogens is 402 g/mol. The van der Waals surface area contributed by atoms with E-state index in [4.69, 9.17) is 10.7 Å². The number of piperidine rings is 1. The summed E-state index contributed by atoms with van der Waals surface area (Å²) < 4.78 is 0. The lowest BCUT2D eigenvalue weighted by atomic mass is 9.88. The van der Waals surface area contributed by atoms with Gasteiger partial charge >= 0.3 is 0 Å². The topological polar surface area (TPSA) is 120 Å². The molecule has 1 fully saturated rings. The number of aromatic nitrogens is 5. The average Bonchev–Trinajstić information content (AvgIpc) is 3.47. The Bertz CT molecular complexity index is 1430. The normalized spacial score (nSPS) is 16.1. The zero-order valence-electron chi connectivity index (χ0n) is 17.4. The van der Waals surface area contributed by atoms with Crippen LogP contribution in [0.4, 0.5) is 5.82 Å². The van der Waals surface area contributed by atoms with Crippen molar-refractivity contribution in [2.24, 2.45) is 5.73 Å². The molecule has 1 saturated heterocycles. The quantitative estimate of drug-likeness (QED) is 0.350. The van der Waals surface area contributed by atoms with Gasteiger partial charge in [-0.1, -0.05) is 24.3 Å². The Morgan fingerprint density at radius 1 is 1.03 bits per heavy atom. The Morgan fingerprint density at radius 2 is 1.88 bits per heavy atom. The number of para-hydroxylation sites is 1. The van der Waals surface area contributed by atoms with Crippen LogP contribution in [0, 0.1) is 0 Å². The fourth-order valence-electron chi connectivity index (χ4n) is 4.60. The molecule has 32 heavy (non-hydrogen) atoms. The predicted octanol–water partition coefficient (Wildman–Crippen LogP) is 3.66. The lowest BCUT2D eigenvalue weighted by molar-refractivity contribution is 0.327. The molecule has 160 valence electrons. The number of H-pyrrole nitrogens is 2. The van der Waals surface area contributed by atoms with Crippen LogP contribution in [-0.4, -0.2) is 43.1 Å². The number of rotatable bonds is 3. The summed E-state index contributed by atoms with van der Waals surface area (Å²) in [7, 11) is 0. The number of hydrogen-bond donors (Lipinski definition) is 4. The van der Waals surface area contributed by atoms with Gasteiger partial charge < -0.3 is 25.7 Å². The van der Waals surface area contributed by atoms with Crippen LogP contribution in [0.5, 0.6) is 5.75 Å². The fraction of sp³-hybridized carbons (Fsp3) is 0.208. The molecule has 8 heteroatoms. The third kappa shape index (κ3) is 2.99. The highest BCUT2D eigenvalue weighted by molar-refractivity contribution is 5.87. The molecule has 0 amide bonds. The summed E-state index contributed by atoms with van der Waals surface area (Å²) in [6.07, 6.45) is 5.00. The zero-order chi connectivity index (χ0) is 21.7. The molecule has 0 spiro atoms. The Labute approximate surface area is 184 Å². The molecule has 5 N–H and O–H groups in total. The monoisotopic (exact) mass is 425 g/mol. The van der Waals surface area contributed by atoms with Gasteiger partial charge in [-0.2, -0.15) is 0 Å². The van der Waals surface area contributed by atoms with E-state index >= 15 is 0 Å². The van der Waals surface area contributed by atoms with Gasteiger partial charge in [0.2, 0.25) is 0 Å². The number of aromatic amines is 2. The van der Waals surface area contributed by atoms with Gasteiger partial charge in [0.15, 0.2) is 0 Å². The SMILES string of the molecule is NC1(c2nc3ccc(-c4ccccc4O)cc3[nH]2)CCN(c2ncnc3[nH]ccc23)CC1. The van der Waals surface area contributed by atoms with Crippen LogP contribution in [0.2, 0.25) is 0 Å². The van der Waals surface area contributed by atoms with Gasteiger partial charge in [0, 0.05) is 24.8 Å². The number of aromatic hydroxyl groups is 1. The van der Waals surface area contributed by atoms with Crippen LogP contribution < -0.4 is 10.6 Å². The van der Waals surface area contributed by atoms with E-state index in [1.807, 2.05) is 48.7 Å². The minimum absolute atomic E-state index is 0.260. The second-order valence-electron chi connectivity index (χ2n) is 8.41. The van der Waals surface area contributed by atoms with Crippen LogP contribution in [-0.2, 0) is 5.54 Å². The van der Waals surface area contributed by atoms with E-state index < -0.39 is 5.54 Å². The standard InChI is InChI=1S/C24H23N7O/c25-24(8-11-31(12-9-24)22-17-7-10-26-21(17)27-14-28-22)23-29-18-6-5-15(13-19(18)30-23)16-3-1-2-4-20(16)32/h1-7,10,13-14,32H,8-9,11-12,25H2,(H,29,30)(H,26,27,28). The number of nitrogens with one attached hydrogen (secondary N) is 2. The zero-order valence-corrected chi connectivity index (χ0v) is 17.4. The van der Waals surface area contributed by atoms with Gasteiger partial charge in [0.25, 0.3) is 0 Å². The summed E-state index contributed by atoms with van der Waals surface area (Å²) in [5.41, 5.74) is 10.7. The molecule has 0 aliphatic carbocycles. The molecule has 2 aromatic carbocycles. The smallest absolute Gasteiger partial charge is 0.142 e. The predicted molar refractivity (Wildman–Crippen MR) is 124 cm³/mol. The summed E-state index contributed by atoms with van der Waals surface area (Å²) >= 11 is 0. The van der Waals surface area contributed by atoms with E-state index in [1.165, 1.54) is 0 Å². The Hall–Kier alpha value is -3.91. The number of anilines is 1. The first-order valence-electron chi connectivity index (χ1n) is 10.7. The third-order valence-corrected chi connectivity index (χ3v) is 6.46. The maximum absolute atomic E-state index is 10.2. The lowest BCUT2D eigenvalue weighted by Crippen LogP contribution is -2.49. The highest BCUT2D eigenvalue weighted by atomic mass is 16.3. The van der Waals surface area contributed by atoms with Crippen LogP contribution in [0.1, 0.15) is 18.7 Å². The van der Waals surface area contributed by atoms with Crippen LogP contribution in [0.25, 0.3) is 33.2 Å². The molecule has 8 nitrogen and oxygen atoms in total. The fourth-order valence-corrected chi connectivity index (χ4v) is 4.60. The number of fused-ring (bicyclic) bond motifs is 2. The Balaban J connectivity index is 1.27. The number of phenolic OH excluding ortho intramolecular Hbond substituents is 1. The summed E-state index contributed by atoms with van der Waals surface area (Å²) in [4.78, 5) is 22.5. The van der Waals surface area contributed by atoms with Gasteiger partial charge in [-0.05, 0) is 42.7 Å². The van der Waals surface area contributed by atoms with Crippen molar-refractivity contribution in [3.63, 3.8) is 0 Å². The van der Waals surface area contributed by atoms with Crippen LogP contribution in [0.15, 0.2) is 61.1 Å². The van der Waals surface area contributed by atoms with E-state index in [9.17, 15) is 5.11 Å². The van der Waals surface area contributed by atoms with E-state index in [0.717, 1.165) is 70.8 Å². The van der Waals surface area contributed by atoms with Crippen molar-refractivity contribution < 1.29 is 5.11 Å². The number of nitrogens with two attached hydrogens (primary N) is 1. The first kappa shape index (κ1) is 18.8. The number of imidazole rings is 1. The minimum atomic E-state index is -0.533. The molecule has 3 aromatic heterocycles. The van der Waals surface area contributed by atoms with Gasteiger partial charge in [-0.15, -0.1) is 0 Å². The molecule has 0 atom stereocenters. The minimum Gasteiger partial charge on any atom is -0.507 e. The van der Waals surface area contributed by atoms with Crippen molar-refractivity contribution in [1.82, 2.24) is 24.9 Å². The Kier molecular flexibility index (Phi) is 4.16. The van der Waals surface area contributed by atoms with E-state index in [-0.39, 0.29) is 5.75 Å². The highest BCUT2D eigenvalue weighted by Crippen LogP contribution is 2.35. The summed E-state index contributed by atoms with van der Waals surface area (Å²) in [6, 6.07) is 15.3. The van der Waals surface area contributed by atoms with Crippen molar-refractivity contribution in [3.05, 3.63) is 66.9 Å². The Morgan fingerprint density at radius 3 is 2.72 bits per heavy atom. The molecule has 0 bridgehead atoms. The second-order valence-corrected chi connectivity index (χ2v) is 8.41. The van der Waals surface area contributed by atoms with Crippen molar-refractivity contribution in [2.75, 3.05) is 18.0 Å². The molecule has 1 aliphatic rings. The van der Waals surface area contributed by atoms with E-state index in [2.05, 4.69) is 24.8 Å². The molecule has 0 unspecified atom stereocenters. The summed E-state index contributed by atoms with van der Waals surface area (Å²) in [6.45, 7) is 1.57. The maximum Gasteiger partial charge on any atom is 0.142 e. The third-order valence-electron chi connectivity index (χ3n) is 6.46. The maximum atomic E-state index is 10.2. The first-order valence-corrected chi connectivity index (χ1v) is 10.7. The molecular formula is C24H23N7O. The first-order chi connectivity index (χ1) is 15.6. The van der Waals surface area contributed by atoms with E-state index in [1.54, 1.807) is 12.4 Å². The highest BCUT2D eigenvalue weighted by Gasteiger charge is 2.36. The van der Waals surface area contributed by atoms with Crippen molar-refractivity contribution in [2.45, 2.75) is 18.4 Å². The van der Waals surface area contributed by atoms with Crippen LogP contribution >= 0.6 is 0 Å². The molecule has 0 radical (unpaired) electrons. The van der Waals surface area contributed by atoms with Gasteiger partial charge in [-0.3, -0.25) is 0 Å². The molecule has 0 saturated carbocycles. The largest absolute Gasteiger partial charge is 0.507 e. The molecule has 4 heterocycles. The van der Waals surface area contributed by atoms with Gasteiger partial charge in [-0.25, -0.2) is 15.0 Å². The molecule has 5 aromatic rings. The summed E-state index contributed by atoms with van der Waals surface area (Å²) in [5.74, 6) is 2.00. The molecule has 6 rings (SSSR count). The van der Waals surface area contributed by atoms with Crippen molar-refractivity contribution in [3.8, 4) is 16.9 Å². The second kappa shape index (κ2) is 7.06. The summed E-state index contributed by atoms with van der Waals surface area (Å²) in [5, 5.41) is 11.2. The van der Waals surface area contributed by atoms with Crippen LogP contribution in [0.3, 0.4) is 0 Å². The number of benzene rings is 2. The average molecular weight is 425 g/mol.